The molecule has 1 aliphatic carbocycles. The maximum absolute atomic E-state index is 12.3. The van der Waals surface area contributed by atoms with Gasteiger partial charge in [-0.3, -0.25) is 9.59 Å². The van der Waals surface area contributed by atoms with Crippen LogP contribution in [0.25, 0.3) is 0 Å². The maximum Gasteiger partial charge on any atom is 0.254 e. The van der Waals surface area contributed by atoms with Crippen molar-refractivity contribution >= 4 is 15.7 Å². The molecule has 0 unspecified atom stereocenters. The predicted octanol–water partition coefficient (Wildman–Crippen LogP) is 1.95. The lowest BCUT2D eigenvalue weighted by Crippen LogP contribution is -2.56. The van der Waals surface area contributed by atoms with Crippen molar-refractivity contribution in [3.8, 4) is 5.75 Å². The third kappa shape index (κ3) is 4.37. The quantitative estimate of drug-likeness (QED) is 0.689. The van der Waals surface area contributed by atoms with Gasteiger partial charge in [0.25, 0.3) is 5.56 Å². The van der Waals surface area contributed by atoms with Crippen LogP contribution in [0.15, 0.2) is 52.2 Å². The molecule has 2 aliphatic rings. The molecule has 8 heteroatoms. The molecule has 1 aromatic carbocycles. The number of benzene rings is 1. The summed E-state index contributed by atoms with van der Waals surface area (Å²) in [6.07, 6.45) is 1.85. The van der Waals surface area contributed by atoms with E-state index in [0.717, 1.165) is 18.5 Å². The molecule has 2 aromatic rings. The number of rotatable bonds is 7. The number of likely N-dealkylation sites (tertiary alicyclic amines) is 1. The zero-order valence-corrected chi connectivity index (χ0v) is 17.1. The Morgan fingerprint density at radius 1 is 1.14 bits per heavy atom. The van der Waals surface area contributed by atoms with Gasteiger partial charge in [-0.05, 0) is 38.0 Å². The van der Waals surface area contributed by atoms with Gasteiger partial charge in [0, 0.05) is 24.2 Å². The van der Waals surface area contributed by atoms with Gasteiger partial charge in [-0.2, -0.15) is 0 Å². The molecule has 1 saturated heterocycles. The lowest BCUT2D eigenvalue weighted by atomic mass is 10.1. The summed E-state index contributed by atoms with van der Waals surface area (Å²) in [5.41, 5.74) is 0.828. The number of aryl methyl sites for hydroxylation is 1. The number of aromatic nitrogens is 1. The Labute approximate surface area is 169 Å². The number of nitrogens with zero attached hydrogens (tertiary/aromatic N) is 2. The lowest BCUT2D eigenvalue weighted by Gasteiger charge is -2.39. The molecule has 1 saturated carbocycles. The number of sulfone groups is 1. The number of hydrogen-bond acceptors (Lipinski definition) is 5. The Morgan fingerprint density at radius 3 is 2.45 bits per heavy atom. The lowest BCUT2D eigenvalue weighted by molar-refractivity contribution is -0.139. The molecule has 154 valence electrons. The standard InChI is InChI=1S/C21H24N2O5S/c1-15-11-17(12-21(25)23(15)16-7-8-16)28-18-13-22(14-18)20(24)9-10-29(26,27)19-5-3-2-4-6-19/h2-6,11-12,16,18H,7-10,13-14H2,1H3. The molecule has 29 heavy (non-hydrogen) atoms. The van der Waals surface area contributed by atoms with Gasteiger partial charge in [-0.15, -0.1) is 0 Å². The highest BCUT2D eigenvalue weighted by Gasteiger charge is 2.33. The van der Waals surface area contributed by atoms with Gasteiger partial charge in [-0.25, -0.2) is 8.42 Å². The first-order valence-electron chi connectivity index (χ1n) is 9.79. The Bertz CT molecular complexity index is 1070. The monoisotopic (exact) mass is 416 g/mol. The van der Waals surface area contributed by atoms with Crippen LogP contribution in [0, 0.1) is 6.92 Å². The topological polar surface area (TPSA) is 85.7 Å². The van der Waals surface area contributed by atoms with Crippen molar-refractivity contribution in [3.63, 3.8) is 0 Å². The Kier molecular flexibility index (Phi) is 5.21. The van der Waals surface area contributed by atoms with Crippen molar-refractivity contribution < 1.29 is 17.9 Å². The first-order valence-corrected chi connectivity index (χ1v) is 11.4. The van der Waals surface area contributed by atoms with Crippen LogP contribution in [0.2, 0.25) is 0 Å². The molecular weight excluding hydrogens is 392 g/mol. The molecule has 0 atom stereocenters. The molecule has 2 heterocycles. The highest BCUT2D eigenvalue weighted by molar-refractivity contribution is 7.91. The van der Waals surface area contributed by atoms with Crippen molar-refractivity contribution in [2.75, 3.05) is 18.8 Å². The Morgan fingerprint density at radius 2 is 1.83 bits per heavy atom. The van der Waals surface area contributed by atoms with Crippen LogP contribution in [-0.4, -0.2) is 48.7 Å². The molecular formula is C21H24N2O5S. The smallest absolute Gasteiger partial charge is 0.254 e. The molecule has 2 fully saturated rings. The van der Waals surface area contributed by atoms with E-state index >= 15 is 0 Å². The van der Waals surface area contributed by atoms with E-state index in [2.05, 4.69) is 0 Å². The van der Waals surface area contributed by atoms with Gasteiger partial charge in [0.05, 0.1) is 23.7 Å². The number of hydrogen-bond donors (Lipinski definition) is 0. The van der Waals surface area contributed by atoms with E-state index < -0.39 is 9.84 Å². The van der Waals surface area contributed by atoms with Gasteiger partial charge in [0.15, 0.2) is 9.84 Å². The van der Waals surface area contributed by atoms with Gasteiger partial charge in [-0.1, -0.05) is 18.2 Å². The minimum Gasteiger partial charge on any atom is -0.486 e. The molecule has 0 N–H and O–H groups in total. The second-order valence-electron chi connectivity index (χ2n) is 7.69. The van der Waals surface area contributed by atoms with E-state index in [4.69, 9.17) is 4.74 Å². The van der Waals surface area contributed by atoms with Crippen molar-refractivity contribution in [2.45, 2.75) is 43.2 Å². The van der Waals surface area contributed by atoms with Gasteiger partial charge in [0.2, 0.25) is 5.91 Å². The van der Waals surface area contributed by atoms with E-state index in [-0.39, 0.29) is 34.6 Å². The third-order valence-corrected chi connectivity index (χ3v) is 7.07. The van der Waals surface area contributed by atoms with Crippen LogP contribution in [0.5, 0.6) is 5.75 Å². The number of ether oxygens (including phenoxy) is 1. The van der Waals surface area contributed by atoms with Crippen LogP contribution in [0.3, 0.4) is 0 Å². The maximum atomic E-state index is 12.3. The van der Waals surface area contributed by atoms with Crippen LogP contribution >= 0.6 is 0 Å². The average molecular weight is 416 g/mol. The minimum absolute atomic E-state index is 0.0547. The highest BCUT2D eigenvalue weighted by atomic mass is 32.2. The van der Waals surface area contributed by atoms with Gasteiger partial charge >= 0.3 is 0 Å². The van der Waals surface area contributed by atoms with Crippen molar-refractivity contribution in [3.05, 3.63) is 58.5 Å². The number of carbonyl (C=O) groups is 1. The van der Waals surface area contributed by atoms with Crippen LogP contribution in [0.4, 0.5) is 0 Å². The fourth-order valence-corrected chi connectivity index (χ4v) is 4.84. The van der Waals surface area contributed by atoms with Gasteiger partial charge < -0.3 is 14.2 Å². The van der Waals surface area contributed by atoms with E-state index in [0.29, 0.717) is 24.9 Å². The summed E-state index contributed by atoms with van der Waals surface area (Å²) in [6, 6.07) is 11.8. The normalized spacial score (nSPS) is 17.1. The summed E-state index contributed by atoms with van der Waals surface area (Å²) in [5, 5.41) is 0. The van der Waals surface area contributed by atoms with Crippen LogP contribution in [-0.2, 0) is 14.6 Å². The van der Waals surface area contributed by atoms with Crippen molar-refractivity contribution in [1.82, 2.24) is 9.47 Å². The zero-order valence-electron chi connectivity index (χ0n) is 16.3. The summed E-state index contributed by atoms with van der Waals surface area (Å²) in [4.78, 5) is 26.4. The average Bonchev–Trinajstić information content (AvgIpc) is 3.47. The first-order chi connectivity index (χ1) is 13.8. The SMILES string of the molecule is Cc1cc(OC2CN(C(=O)CCS(=O)(=O)c3ccccc3)C2)cc(=O)n1C1CC1. The number of carbonyl (C=O) groups excluding carboxylic acids is 1. The van der Waals surface area contributed by atoms with Crippen molar-refractivity contribution in [1.29, 1.82) is 0 Å². The van der Waals surface area contributed by atoms with Crippen molar-refractivity contribution in [2.24, 2.45) is 0 Å². The highest BCUT2D eigenvalue weighted by Crippen LogP contribution is 2.35. The summed E-state index contributed by atoms with van der Waals surface area (Å²) in [7, 11) is -3.47. The molecule has 1 aliphatic heterocycles. The zero-order chi connectivity index (χ0) is 20.6. The largest absolute Gasteiger partial charge is 0.486 e. The first kappa shape index (κ1) is 19.7. The Balaban J connectivity index is 1.28. The van der Waals surface area contributed by atoms with Crippen LogP contribution < -0.4 is 10.3 Å². The number of amides is 1. The van der Waals surface area contributed by atoms with Gasteiger partial charge in [0.1, 0.15) is 11.9 Å². The van der Waals surface area contributed by atoms with Crippen LogP contribution in [0.1, 0.15) is 31.0 Å². The Hall–Kier alpha value is -2.61. The number of pyridine rings is 1. The van der Waals surface area contributed by atoms with E-state index in [1.165, 1.54) is 18.2 Å². The molecule has 1 amide bonds. The summed E-state index contributed by atoms with van der Waals surface area (Å²) < 4.78 is 32.2. The fourth-order valence-electron chi connectivity index (χ4n) is 3.59. The molecule has 0 bridgehead atoms. The molecule has 4 rings (SSSR count). The molecule has 7 nitrogen and oxygen atoms in total. The summed E-state index contributed by atoms with van der Waals surface area (Å²) in [6.45, 7) is 2.69. The minimum atomic E-state index is -3.47. The molecule has 0 radical (unpaired) electrons. The second kappa shape index (κ2) is 7.67. The summed E-state index contributed by atoms with van der Waals surface area (Å²) in [5.74, 6) is 0.106. The molecule has 0 spiro atoms. The third-order valence-electron chi connectivity index (χ3n) is 5.34. The molecule has 1 aromatic heterocycles. The fraction of sp³-hybridized carbons (Fsp3) is 0.429. The van der Waals surface area contributed by atoms with E-state index in [9.17, 15) is 18.0 Å². The van der Waals surface area contributed by atoms with E-state index in [1.807, 2.05) is 13.0 Å². The summed E-state index contributed by atoms with van der Waals surface area (Å²) >= 11 is 0. The second-order valence-corrected chi connectivity index (χ2v) is 9.80. The predicted molar refractivity (Wildman–Crippen MR) is 108 cm³/mol. The van der Waals surface area contributed by atoms with E-state index in [1.54, 1.807) is 27.7 Å².